The monoisotopic (exact) mass is 413 g/mol. The number of rotatable bonds is 9. The second kappa shape index (κ2) is 11.1. The molecule has 0 fully saturated rings. The molecule has 0 aliphatic carbocycles. The molecule has 1 aromatic rings. The first-order valence-corrected chi connectivity index (χ1v) is 9.52. The third kappa shape index (κ3) is 7.46. The Hall–Kier alpha value is -1.56. The lowest BCUT2D eigenvalue weighted by Crippen LogP contribution is -2.48. The van der Waals surface area contributed by atoms with Gasteiger partial charge in [0.05, 0.1) is 13.2 Å². The summed E-state index contributed by atoms with van der Waals surface area (Å²) in [5, 5.41) is 0. The third-order valence-electron chi connectivity index (χ3n) is 3.70. The summed E-state index contributed by atoms with van der Waals surface area (Å²) >= 11 is 3.44. The molecule has 5 nitrogen and oxygen atoms in total. The highest BCUT2D eigenvalue weighted by Crippen LogP contribution is 2.18. The predicted octanol–water partition coefficient (Wildman–Crippen LogP) is 4.43. The van der Waals surface area contributed by atoms with Crippen LogP contribution in [-0.2, 0) is 20.7 Å². The van der Waals surface area contributed by atoms with Gasteiger partial charge in [-0.15, -0.1) is 0 Å². The minimum absolute atomic E-state index is 0.267. The number of hydrogen-bond donors (Lipinski definition) is 0. The molecule has 0 heterocycles. The van der Waals surface area contributed by atoms with E-state index in [4.69, 9.17) is 9.47 Å². The molecule has 0 N–H and O–H groups in total. The summed E-state index contributed by atoms with van der Waals surface area (Å²) in [5.74, 6) is 0.00456. The van der Waals surface area contributed by atoms with Crippen LogP contribution in [-0.4, -0.2) is 42.8 Å². The highest BCUT2D eigenvalue weighted by Gasteiger charge is 2.32. The van der Waals surface area contributed by atoms with E-state index < -0.39 is 18.1 Å². The summed E-state index contributed by atoms with van der Waals surface area (Å²) < 4.78 is 11.3. The van der Waals surface area contributed by atoms with E-state index in [0.717, 1.165) is 16.5 Å². The Kier molecular flexibility index (Phi) is 9.57. The maximum absolute atomic E-state index is 12.5. The molecule has 0 aliphatic heterocycles. The number of ether oxygens (including phenoxy) is 2. The van der Waals surface area contributed by atoms with Crippen LogP contribution in [0.15, 0.2) is 28.7 Å². The highest BCUT2D eigenvalue weighted by molar-refractivity contribution is 9.10. The van der Waals surface area contributed by atoms with Gasteiger partial charge in [0, 0.05) is 17.4 Å². The van der Waals surface area contributed by atoms with Gasteiger partial charge in [-0.25, -0.2) is 9.59 Å². The van der Waals surface area contributed by atoms with Crippen molar-refractivity contribution < 1.29 is 19.1 Å². The Labute approximate surface area is 158 Å². The molecule has 0 spiro atoms. The first kappa shape index (κ1) is 21.5. The van der Waals surface area contributed by atoms with Crippen molar-refractivity contribution in [2.24, 2.45) is 5.92 Å². The summed E-state index contributed by atoms with van der Waals surface area (Å²) in [6.45, 7) is 8.67. The van der Waals surface area contributed by atoms with Crippen LogP contribution in [0.2, 0.25) is 0 Å². The fourth-order valence-electron chi connectivity index (χ4n) is 2.42. The van der Waals surface area contributed by atoms with Crippen molar-refractivity contribution >= 4 is 28.0 Å². The molecular weight excluding hydrogens is 386 g/mol. The number of nitrogens with zero attached hydrogens (tertiary/aromatic N) is 1. The standard InChI is InChI=1S/C19H28BrNO4/c1-5-24-18(22)17(13-15-8-7-9-16(20)12-15)21(11-10-14(3)4)19(23)25-6-2/h7-9,12,14,17H,5-6,10-11,13H2,1-4H3. The van der Waals surface area contributed by atoms with Gasteiger partial charge >= 0.3 is 12.1 Å². The Morgan fingerprint density at radius 3 is 2.40 bits per heavy atom. The molecule has 6 heteroatoms. The Morgan fingerprint density at radius 2 is 1.84 bits per heavy atom. The number of amides is 1. The van der Waals surface area contributed by atoms with Crippen LogP contribution < -0.4 is 0 Å². The summed E-state index contributed by atoms with van der Waals surface area (Å²) in [7, 11) is 0. The second-order valence-electron chi connectivity index (χ2n) is 6.18. The topological polar surface area (TPSA) is 55.8 Å². The number of carbonyl (C=O) groups is 2. The Bertz CT molecular complexity index is 562. The highest BCUT2D eigenvalue weighted by atomic mass is 79.9. The van der Waals surface area contributed by atoms with E-state index in [9.17, 15) is 9.59 Å². The van der Waals surface area contributed by atoms with Crippen LogP contribution in [0.25, 0.3) is 0 Å². The maximum atomic E-state index is 12.5. The second-order valence-corrected chi connectivity index (χ2v) is 7.09. The predicted molar refractivity (Wildman–Crippen MR) is 101 cm³/mol. The molecule has 1 aromatic carbocycles. The number of benzene rings is 1. The number of halogens is 1. The summed E-state index contributed by atoms with van der Waals surface area (Å²) in [6, 6.07) is 7.00. The van der Waals surface area contributed by atoms with Gasteiger partial charge in [0.1, 0.15) is 6.04 Å². The van der Waals surface area contributed by atoms with Crippen molar-refractivity contribution in [2.75, 3.05) is 19.8 Å². The van der Waals surface area contributed by atoms with Crippen molar-refractivity contribution in [2.45, 2.75) is 46.6 Å². The SMILES string of the molecule is CCOC(=O)C(Cc1cccc(Br)c1)N(CCC(C)C)C(=O)OCC. The first-order valence-electron chi connectivity index (χ1n) is 8.73. The van der Waals surface area contributed by atoms with Crippen molar-refractivity contribution in [3.8, 4) is 0 Å². The molecule has 0 bridgehead atoms. The van der Waals surface area contributed by atoms with Crippen molar-refractivity contribution in [3.05, 3.63) is 34.3 Å². The van der Waals surface area contributed by atoms with Crippen molar-refractivity contribution in [1.29, 1.82) is 0 Å². The number of hydrogen-bond acceptors (Lipinski definition) is 4. The molecule has 1 rings (SSSR count). The molecule has 0 saturated heterocycles. The van der Waals surface area contributed by atoms with Gasteiger partial charge in [-0.3, -0.25) is 4.90 Å². The zero-order valence-electron chi connectivity index (χ0n) is 15.5. The third-order valence-corrected chi connectivity index (χ3v) is 4.20. The molecule has 1 atom stereocenters. The molecule has 25 heavy (non-hydrogen) atoms. The van der Waals surface area contributed by atoms with Crippen LogP contribution in [0.4, 0.5) is 4.79 Å². The molecule has 0 saturated carbocycles. The fraction of sp³-hybridized carbons (Fsp3) is 0.579. The molecule has 1 amide bonds. The Balaban J connectivity index is 3.08. The van der Waals surface area contributed by atoms with E-state index in [0.29, 0.717) is 18.9 Å². The van der Waals surface area contributed by atoms with Gasteiger partial charge in [0.25, 0.3) is 0 Å². The molecule has 140 valence electrons. The normalized spacial score (nSPS) is 11.9. The average Bonchev–Trinajstić information content (AvgIpc) is 2.54. The van der Waals surface area contributed by atoms with E-state index >= 15 is 0 Å². The van der Waals surface area contributed by atoms with Crippen LogP contribution in [0, 0.1) is 5.92 Å². The lowest BCUT2D eigenvalue weighted by molar-refractivity contribution is -0.149. The zero-order chi connectivity index (χ0) is 18.8. The van der Waals surface area contributed by atoms with Crippen LogP contribution in [0.5, 0.6) is 0 Å². The van der Waals surface area contributed by atoms with Crippen LogP contribution in [0.3, 0.4) is 0 Å². The first-order chi connectivity index (χ1) is 11.9. The summed E-state index contributed by atoms with van der Waals surface area (Å²) in [5.41, 5.74) is 0.950. The van der Waals surface area contributed by atoms with Gasteiger partial charge in [-0.1, -0.05) is 41.9 Å². The molecule has 0 aromatic heterocycles. The molecular formula is C19H28BrNO4. The Morgan fingerprint density at radius 1 is 1.16 bits per heavy atom. The van der Waals surface area contributed by atoms with Crippen LogP contribution in [0.1, 0.15) is 39.7 Å². The van der Waals surface area contributed by atoms with Gasteiger partial charge < -0.3 is 9.47 Å². The van der Waals surface area contributed by atoms with Crippen molar-refractivity contribution in [1.82, 2.24) is 4.90 Å². The minimum atomic E-state index is -0.702. The van der Waals surface area contributed by atoms with Gasteiger partial charge in [0.15, 0.2) is 0 Å². The molecule has 0 radical (unpaired) electrons. The van der Waals surface area contributed by atoms with E-state index in [-0.39, 0.29) is 13.2 Å². The quantitative estimate of drug-likeness (QED) is 0.561. The largest absolute Gasteiger partial charge is 0.464 e. The van der Waals surface area contributed by atoms with E-state index in [2.05, 4.69) is 29.8 Å². The average molecular weight is 414 g/mol. The lowest BCUT2D eigenvalue weighted by atomic mass is 10.0. The van der Waals surface area contributed by atoms with Gasteiger partial charge in [0.2, 0.25) is 0 Å². The summed E-state index contributed by atoms with van der Waals surface area (Å²) in [6.07, 6.45) is 0.693. The van der Waals surface area contributed by atoms with Gasteiger partial charge in [-0.2, -0.15) is 0 Å². The van der Waals surface area contributed by atoms with E-state index in [1.165, 1.54) is 4.90 Å². The lowest BCUT2D eigenvalue weighted by Gasteiger charge is -2.30. The van der Waals surface area contributed by atoms with Gasteiger partial charge in [-0.05, 0) is 43.9 Å². The number of carbonyl (C=O) groups excluding carboxylic acids is 2. The number of esters is 1. The molecule has 0 aliphatic rings. The maximum Gasteiger partial charge on any atom is 0.410 e. The molecule has 1 unspecified atom stereocenters. The zero-order valence-corrected chi connectivity index (χ0v) is 17.0. The smallest absolute Gasteiger partial charge is 0.410 e. The van der Waals surface area contributed by atoms with Crippen LogP contribution >= 0.6 is 15.9 Å². The van der Waals surface area contributed by atoms with Crippen molar-refractivity contribution in [3.63, 3.8) is 0 Å². The van der Waals surface area contributed by atoms with E-state index in [1.54, 1.807) is 13.8 Å². The summed E-state index contributed by atoms with van der Waals surface area (Å²) in [4.78, 5) is 26.5. The minimum Gasteiger partial charge on any atom is -0.464 e. The fourth-order valence-corrected chi connectivity index (χ4v) is 2.87. The van der Waals surface area contributed by atoms with E-state index in [1.807, 2.05) is 24.3 Å².